The number of hydrogen-bond donors (Lipinski definition) is 2. The first kappa shape index (κ1) is 16.5. The van der Waals surface area contributed by atoms with Gasteiger partial charge in [0.25, 0.3) is 5.91 Å². The van der Waals surface area contributed by atoms with Gasteiger partial charge in [-0.2, -0.15) is 0 Å². The van der Waals surface area contributed by atoms with Crippen molar-refractivity contribution < 1.29 is 14.3 Å². The molecule has 0 unspecified atom stereocenters. The van der Waals surface area contributed by atoms with Crippen LogP contribution in [0.3, 0.4) is 0 Å². The first-order chi connectivity index (χ1) is 11.1. The molecule has 0 atom stereocenters. The van der Waals surface area contributed by atoms with E-state index in [0.29, 0.717) is 17.0 Å². The van der Waals surface area contributed by atoms with Crippen molar-refractivity contribution in [2.24, 2.45) is 0 Å². The Morgan fingerprint density at radius 2 is 1.83 bits per heavy atom. The van der Waals surface area contributed by atoms with Crippen LogP contribution in [0.15, 0.2) is 48.5 Å². The predicted molar refractivity (Wildman–Crippen MR) is 89.8 cm³/mol. The summed E-state index contributed by atoms with van der Waals surface area (Å²) in [7, 11) is 1.56. The van der Waals surface area contributed by atoms with Crippen molar-refractivity contribution in [2.45, 2.75) is 13.3 Å². The molecule has 2 rings (SSSR count). The zero-order valence-corrected chi connectivity index (χ0v) is 13.3. The van der Waals surface area contributed by atoms with Gasteiger partial charge in [0.1, 0.15) is 5.75 Å². The van der Waals surface area contributed by atoms with Crippen LogP contribution in [-0.2, 0) is 4.79 Å². The molecule has 0 radical (unpaired) electrons. The Balaban J connectivity index is 1.84. The standard InChI is InChI=1S/C18H20N2O3/c1-13-8-9-16(23-2)15(12-13)20-17(21)10-11-19-18(22)14-6-4-3-5-7-14/h3-9,12H,10-11H2,1-2H3,(H,19,22)(H,20,21). The second-order valence-corrected chi connectivity index (χ2v) is 5.12. The summed E-state index contributed by atoms with van der Waals surface area (Å²) in [6.45, 7) is 2.21. The van der Waals surface area contributed by atoms with E-state index in [4.69, 9.17) is 4.74 Å². The third kappa shape index (κ3) is 4.85. The fraction of sp³-hybridized carbons (Fsp3) is 0.222. The average molecular weight is 312 g/mol. The van der Waals surface area contributed by atoms with Gasteiger partial charge in [-0.25, -0.2) is 0 Å². The van der Waals surface area contributed by atoms with Crippen LogP contribution in [0.4, 0.5) is 5.69 Å². The topological polar surface area (TPSA) is 67.4 Å². The summed E-state index contributed by atoms with van der Waals surface area (Å²) < 4.78 is 5.22. The van der Waals surface area contributed by atoms with E-state index in [2.05, 4.69) is 10.6 Å². The monoisotopic (exact) mass is 312 g/mol. The highest BCUT2D eigenvalue weighted by atomic mass is 16.5. The van der Waals surface area contributed by atoms with E-state index in [0.717, 1.165) is 5.56 Å². The summed E-state index contributed by atoms with van der Waals surface area (Å²) >= 11 is 0. The maximum Gasteiger partial charge on any atom is 0.251 e. The van der Waals surface area contributed by atoms with Gasteiger partial charge in [-0.1, -0.05) is 24.3 Å². The third-order valence-electron chi connectivity index (χ3n) is 3.30. The number of hydrogen-bond acceptors (Lipinski definition) is 3. The Labute approximate surface area is 135 Å². The molecule has 5 nitrogen and oxygen atoms in total. The quantitative estimate of drug-likeness (QED) is 0.862. The van der Waals surface area contributed by atoms with Crippen molar-refractivity contribution in [3.63, 3.8) is 0 Å². The average Bonchev–Trinajstić information content (AvgIpc) is 2.56. The van der Waals surface area contributed by atoms with Gasteiger partial charge < -0.3 is 15.4 Å². The van der Waals surface area contributed by atoms with Crippen LogP contribution in [0.25, 0.3) is 0 Å². The Hall–Kier alpha value is -2.82. The largest absolute Gasteiger partial charge is 0.495 e. The molecule has 0 bridgehead atoms. The number of rotatable bonds is 6. The molecular formula is C18H20N2O3. The molecule has 0 fully saturated rings. The summed E-state index contributed by atoms with van der Waals surface area (Å²) in [5.74, 6) is 0.242. The molecular weight excluding hydrogens is 292 g/mol. The van der Waals surface area contributed by atoms with E-state index in [9.17, 15) is 9.59 Å². The highest BCUT2D eigenvalue weighted by Crippen LogP contribution is 2.25. The summed E-state index contributed by atoms with van der Waals surface area (Å²) in [4.78, 5) is 23.9. The molecule has 0 aliphatic rings. The van der Waals surface area contributed by atoms with Gasteiger partial charge in [0, 0.05) is 18.5 Å². The van der Waals surface area contributed by atoms with Crippen molar-refractivity contribution in [1.82, 2.24) is 5.32 Å². The number of ether oxygens (including phenoxy) is 1. The second kappa shape index (κ2) is 7.98. The fourth-order valence-electron chi connectivity index (χ4n) is 2.11. The van der Waals surface area contributed by atoms with Gasteiger partial charge in [0.2, 0.25) is 5.91 Å². The molecule has 0 saturated heterocycles. The van der Waals surface area contributed by atoms with E-state index >= 15 is 0 Å². The molecule has 5 heteroatoms. The third-order valence-corrected chi connectivity index (χ3v) is 3.30. The first-order valence-electron chi connectivity index (χ1n) is 7.38. The molecule has 2 aromatic rings. The van der Waals surface area contributed by atoms with Gasteiger partial charge in [0.15, 0.2) is 0 Å². The molecule has 0 aromatic heterocycles. The number of anilines is 1. The van der Waals surface area contributed by atoms with Crippen LogP contribution in [0.1, 0.15) is 22.3 Å². The number of methoxy groups -OCH3 is 1. The van der Waals surface area contributed by atoms with Gasteiger partial charge in [-0.05, 0) is 36.8 Å². The number of nitrogens with one attached hydrogen (secondary N) is 2. The first-order valence-corrected chi connectivity index (χ1v) is 7.38. The molecule has 2 N–H and O–H groups in total. The highest BCUT2D eigenvalue weighted by Gasteiger charge is 2.09. The Morgan fingerprint density at radius 1 is 1.09 bits per heavy atom. The predicted octanol–water partition coefficient (Wildman–Crippen LogP) is 2.76. The van der Waals surface area contributed by atoms with E-state index in [1.165, 1.54) is 0 Å². The minimum atomic E-state index is -0.188. The van der Waals surface area contributed by atoms with Crippen LogP contribution < -0.4 is 15.4 Å². The second-order valence-electron chi connectivity index (χ2n) is 5.12. The SMILES string of the molecule is COc1ccc(C)cc1NC(=O)CCNC(=O)c1ccccc1. The smallest absolute Gasteiger partial charge is 0.251 e. The molecule has 0 heterocycles. The fourth-order valence-corrected chi connectivity index (χ4v) is 2.11. The normalized spacial score (nSPS) is 10.0. The molecule has 0 aliphatic carbocycles. The Bertz CT molecular complexity index is 684. The van der Waals surface area contributed by atoms with Crippen LogP contribution in [0.2, 0.25) is 0 Å². The lowest BCUT2D eigenvalue weighted by molar-refractivity contribution is -0.116. The highest BCUT2D eigenvalue weighted by molar-refractivity contribution is 5.95. The van der Waals surface area contributed by atoms with Gasteiger partial charge in [0.05, 0.1) is 12.8 Å². The van der Waals surface area contributed by atoms with E-state index in [1.807, 2.05) is 31.2 Å². The van der Waals surface area contributed by atoms with E-state index < -0.39 is 0 Å². The van der Waals surface area contributed by atoms with E-state index in [1.54, 1.807) is 31.4 Å². The van der Waals surface area contributed by atoms with Gasteiger partial charge >= 0.3 is 0 Å². The summed E-state index contributed by atoms with van der Waals surface area (Å²) in [5.41, 5.74) is 2.23. The summed E-state index contributed by atoms with van der Waals surface area (Å²) in [5, 5.41) is 5.53. The molecule has 23 heavy (non-hydrogen) atoms. The molecule has 120 valence electrons. The minimum absolute atomic E-state index is 0.178. The summed E-state index contributed by atoms with van der Waals surface area (Å²) in [6.07, 6.45) is 0.190. The van der Waals surface area contributed by atoms with Crippen LogP contribution in [0.5, 0.6) is 5.75 Å². The van der Waals surface area contributed by atoms with E-state index in [-0.39, 0.29) is 24.8 Å². The molecule has 0 aliphatic heterocycles. The lowest BCUT2D eigenvalue weighted by Crippen LogP contribution is -2.27. The minimum Gasteiger partial charge on any atom is -0.495 e. The van der Waals surface area contributed by atoms with Crippen LogP contribution in [-0.4, -0.2) is 25.5 Å². The number of benzene rings is 2. The van der Waals surface area contributed by atoms with Crippen molar-refractivity contribution in [3.8, 4) is 5.75 Å². The van der Waals surface area contributed by atoms with Crippen LogP contribution >= 0.6 is 0 Å². The van der Waals surface area contributed by atoms with Gasteiger partial charge in [-0.15, -0.1) is 0 Å². The van der Waals surface area contributed by atoms with Crippen molar-refractivity contribution >= 4 is 17.5 Å². The van der Waals surface area contributed by atoms with Crippen molar-refractivity contribution in [3.05, 3.63) is 59.7 Å². The summed E-state index contributed by atoms with van der Waals surface area (Å²) in [6, 6.07) is 14.5. The maximum atomic E-state index is 12.0. The van der Waals surface area contributed by atoms with Gasteiger partial charge in [-0.3, -0.25) is 9.59 Å². The molecule has 0 saturated carbocycles. The molecule has 0 spiro atoms. The van der Waals surface area contributed by atoms with Crippen molar-refractivity contribution in [2.75, 3.05) is 19.0 Å². The zero-order chi connectivity index (χ0) is 16.7. The number of amides is 2. The zero-order valence-electron chi connectivity index (χ0n) is 13.3. The van der Waals surface area contributed by atoms with Crippen LogP contribution in [0, 0.1) is 6.92 Å². The Kier molecular flexibility index (Phi) is 5.74. The molecule has 2 aromatic carbocycles. The maximum absolute atomic E-state index is 12.0. The Morgan fingerprint density at radius 3 is 2.52 bits per heavy atom. The number of carbonyl (C=O) groups excluding carboxylic acids is 2. The lowest BCUT2D eigenvalue weighted by Gasteiger charge is -2.11. The number of carbonyl (C=O) groups is 2. The lowest BCUT2D eigenvalue weighted by atomic mass is 10.2. The number of aryl methyl sites for hydroxylation is 1. The molecule has 2 amide bonds. The van der Waals surface area contributed by atoms with Crippen molar-refractivity contribution in [1.29, 1.82) is 0 Å².